The molecule has 0 atom stereocenters. The quantitative estimate of drug-likeness (QED) is 0.199. The van der Waals surface area contributed by atoms with Crippen LogP contribution in [-0.2, 0) is 0 Å². The van der Waals surface area contributed by atoms with Crippen LogP contribution in [0.15, 0.2) is 180 Å². The molecule has 0 N–H and O–H groups in total. The zero-order chi connectivity index (χ0) is 30.5. The summed E-state index contributed by atoms with van der Waals surface area (Å²) >= 11 is 0. The largest absolute Gasteiger partial charge is 0.456 e. The van der Waals surface area contributed by atoms with Crippen LogP contribution in [0, 0.1) is 0 Å². The Labute approximate surface area is 267 Å². The van der Waals surface area contributed by atoms with E-state index in [1.54, 1.807) is 0 Å². The lowest BCUT2D eigenvalue weighted by Gasteiger charge is -2.27. The number of furan rings is 1. The molecular formula is C44H29NO. The fourth-order valence-electron chi connectivity index (χ4n) is 6.75. The number of rotatable bonds is 5. The molecule has 0 saturated heterocycles. The predicted octanol–water partition coefficient (Wildman–Crippen LogP) is 12.7. The van der Waals surface area contributed by atoms with Gasteiger partial charge in [-0.15, -0.1) is 0 Å². The van der Waals surface area contributed by atoms with Gasteiger partial charge in [0.2, 0.25) is 0 Å². The molecule has 9 aromatic rings. The van der Waals surface area contributed by atoms with E-state index in [0.717, 1.165) is 50.1 Å². The highest BCUT2D eigenvalue weighted by Crippen LogP contribution is 2.45. The van der Waals surface area contributed by atoms with E-state index in [-0.39, 0.29) is 0 Å². The Morgan fingerprint density at radius 1 is 0.348 bits per heavy atom. The molecule has 0 aliphatic heterocycles. The molecule has 216 valence electrons. The van der Waals surface area contributed by atoms with Crippen LogP contribution in [0.2, 0.25) is 0 Å². The van der Waals surface area contributed by atoms with Gasteiger partial charge in [0.15, 0.2) is 0 Å². The van der Waals surface area contributed by atoms with Crippen molar-refractivity contribution in [2.24, 2.45) is 0 Å². The Bertz CT molecular complexity index is 2510. The molecule has 2 heteroatoms. The monoisotopic (exact) mass is 587 g/mol. The number of anilines is 3. The second kappa shape index (κ2) is 10.8. The highest BCUT2D eigenvalue weighted by atomic mass is 16.3. The lowest BCUT2D eigenvalue weighted by molar-refractivity contribution is 0.669. The van der Waals surface area contributed by atoms with Gasteiger partial charge in [0, 0.05) is 28.2 Å². The molecule has 1 heterocycles. The van der Waals surface area contributed by atoms with Crippen LogP contribution in [0.3, 0.4) is 0 Å². The van der Waals surface area contributed by atoms with E-state index in [1.807, 2.05) is 0 Å². The molecule has 8 aromatic carbocycles. The molecule has 1 aromatic heterocycles. The second-order valence-corrected chi connectivity index (χ2v) is 11.8. The fourth-order valence-corrected chi connectivity index (χ4v) is 6.75. The van der Waals surface area contributed by atoms with Crippen LogP contribution in [0.4, 0.5) is 17.1 Å². The van der Waals surface area contributed by atoms with Crippen molar-refractivity contribution in [2.75, 3.05) is 4.90 Å². The minimum Gasteiger partial charge on any atom is -0.456 e. The number of fused-ring (bicyclic) bond motifs is 5. The summed E-state index contributed by atoms with van der Waals surface area (Å²) in [6, 6.07) is 62.7. The first kappa shape index (κ1) is 26.3. The first-order valence-corrected chi connectivity index (χ1v) is 15.7. The maximum Gasteiger partial charge on any atom is 0.138 e. The maximum atomic E-state index is 6.71. The summed E-state index contributed by atoms with van der Waals surface area (Å²) in [5.41, 5.74) is 9.67. The van der Waals surface area contributed by atoms with Gasteiger partial charge < -0.3 is 9.32 Å². The summed E-state index contributed by atoms with van der Waals surface area (Å²) in [7, 11) is 0. The van der Waals surface area contributed by atoms with Gasteiger partial charge in [0.25, 0.3) is 0 Å². The van der Waals surface area contributed by atoms with Gasteiger partial charge in [0.05, 0.1) is 5.69 Å². The van der Waals surface area contributed by atoms with Crippen LogP contribution < -0.4 is 4.90 Å². The summed E-state index contributed by atoms with van der Waals surface area (Å²) in [5, 5.41) is 7.06. The Hall–Kier alpha value is -6.12. The number of benzene rings is 8. The van der Waals surface area contributed by atoms with Crippen molar-refractivity contribution in [3.8, 4) is 22.3 Å². The lowest BCUT2D eigenvalue weighted by Crippen LogP contribution is -2.10. The van der Waals surface area contributed by atoms with Gasteiger partial charge in [-0.3, -0.25) is 0 Å². The zero-order valence-corrected chi connectivity index (χ0v) is 25.1. The molecule has 0 aliphatic rings. The van der Waals surface area contributed by atoms with E-state index < -0.39 is 0 Å². The van der Waals surface area contributed by atoms with Crippen LogP contribution in [0.1, 0.15) is 0 Å². The Morgan fingerprint density at radius 3 is 1.63 bits per heavy atom. The lowest BCUT2D eigenvalue weighted by atomic mass is 9.97. The number of hydrogen-bond acceptors (Lipinski definition) is 2. The van der Waals surface area contributed by atoms with E-state index in [0.29, 0.717) is 0 Å². The second-order valence-electron chi connectivity index (χ2n) is 11.8. The molecule has 9 rings (SSSR count). The number of nitrogens with zero attached hydrogens (tertiary/aromatic N) is 1. The van der Waals surface area contributed by atoms with Crippen LogP contribution in [0.25, 0.3) is 65.7 Å². The molecule has 0 fully saturated rings. The molecule has 0 saturated carbocycles. The van der Waals surface area contributed by atoms with Crippen LogP contribution in [0.5, 0.6) is 0 Å². The van der Waals surface area contributed by atoms with Crippen molar-refractivity contribution in [2.45, 2.75) is 0 Å². The summed E-state index contributed by atoms with van der Waals surface area (Å²) in [6.45, 7) is 0. The minimum absolute atomic E-state index is 0.869. The molecule has 0 radical (unpaired) electrons. The first-order valence-electron chi connectivity index (χ1n) is 15.7. The SMILES string of the molecule is c1ccc(-c2ccc(N(c3ccc4ccccc4c3)c3cc(-c4ccccc4)c4c(c3)oc3cc5ccccc5cc34)cc2)cc1. The topological polar surface area (TPSA) is 16.4 Å². The highest BCUT2D eigenvalue weighted by molar-refractivity contribution is 6.16. The van der Waals surface area contributed by atoms with Crippen LogP contribution >= 0.6 is 0 Å². The summed E-state index contributed by atoms with van der Waals surface area (Å²) in [5.74, 6) is 0. The normalized spacial score (nSPS) is 11.5. The molecule has 0 bridgehead atoms. The van der Waals surface area contributed by atoms with Gasteiger partial charge in [-0.25, -0.2) is 0 Å². The van der Waals surface area contributed by atoms with Gasteiger partial charge >= 0.3 is 0 Å². The standard InChI is InChI=1S/C44H29NO/c1-3-11-30(12-4-1)32-19-22-37(23-20-32)45(38-24-21-31-13-7-8-16-34(31)25-38)39-28-40(33-14-5-2-6-15-33)44-41-26-35-17-9-10-18-36(35)27-42(41)46-43(44)29-39/h1-29H. The summed E-state index contributed by atoms with van der Waals surface area (Å²) in [6.07, 6.45) is 0. The Morgan fingerprint density at radius 2 is 0.913 bits per heavy atom. The molecular weight excluding hydrogens is 558 g/mol. The Balaban J connectivity index is 1.30. The van der Waals surface area contributed by atoms with E-state index in [9.17, 15) is 0 Å². The molecule has 0 amide bonds. The van der Waals surface area contributed by atoms with Crippen molar-refractivity contribution in [3.63, 3.8) is 0 Å². The average Bonchev–Trinajstić information content (AvgIpc) is 3.48. The van der Waals surface area contributed by atoms with Crippen LogP contribution in [-0.4, -0.2) is 0 Å². The van der Waals surface area contributed by atoms with Gasteiger partial charge in [-0.1, -0.05) is 127 Å². The summed E-state index contributed by atoms with van der Waals surface area (Å²) < 4.78 is 6.71. The fraction of sp³-hybridized carbons (Fsp3) is 0. The van der Waals surface area contributed by atoms with Gasteiger partial charge in [-0.2, -0.15) is 0 Å². The molecule has 46 heavy (non-hydrogen) atoms. The van der Waals surface area contributed by atoms with E-state index in [4.69, 9.17) is 4.42 Å². The third-order valence-corrected chi connectivity index (χ3v) is 8.99. The summed E-state index contributed by atoms with van der Waals surface area (Å²) in [4.78, 5) is 2.34. The third kappa shape index (κ3) is 4.51. The third-order valence-electron chi connectivity index (χ3n) is 8.99. The zero-order valence-electron chi connectivity index (χ0n) is 25.1. The molecule has 0 spiro atoms. The van der Waals surface area contributed by atoms with Crippen molar-refractivity contribution in [1.29, 1.82) is 0 Å². The Kier molecular flexibility index (Phi) is 6.17. The molecule has 0 aliphatic carbocycles. The highest BCUT2D eigenvalue weighted by Gasteiger charge is 2.20. The average molecular weight is 588 g/mol. The minimum atomic E-state index is 0.869. The smallest absolute Gasteiger partial charge is 0.138 e. The van der Waals surface area contributed by atoms with E-state index >= 15 is 0 Å². The van der Waals surface area contributed by atoms with Crippen molar-refractivity contribution >= 4 is 60.5 Å². The van der Waals surface area contributed by atoms with Gasteiger partial charge in [-0.05, 0) is 86.3 Å². The molecule has 0 unspecified atom stereocenters. The maximum absolute atomic E-state index is 6.71. The molecule has 2 nitrogen and oxygen atoms in total. The first-order chi connectivity index (χ1) is 22.8. The van der Waals surface area contributed by atoms with E-state index in [1.165, 1.54) is 32.7 Å². The van der Waals surface area contributed by atoms with Crippen molar-refractivity contribution in [3.05, 3.63) is 176 Å². The predicted molar refractivity (Wildman–Crippen MR) is 194 cm³/mol. The van der Waals surface area contributed by atoms with Gasteiger partial charge in [0.1, 0.15) is 11.2 Å². The number of hydrogen-bond donors (Lipinski definition) is 0. The van der Waals surface area contributed by atoms with Crippen molar-refractivity contribution < 1.29 is 4.42 Å². The van der Waals surface area contributed by atoms with Crippen molar-refractivity contribution in [1.82, 2.24) is 0 Å². The van der Waals surface area contributed by atoms with E-state index in [2.05, 4.69) is 181 Å².